The normalized spacial score (nSPS) is 16.2. The molecule has 1 aromatic heterocycles. The number of nitrogens with zero attached hydrogens (tertiary/aromatic N) is 2. The number of amides is 1. The van der Waals surface area contributed by atoms with Gasteiger partial charge < -0.3 is 14.6 Å². The monoisotopic (exact) mass is 363 g/mol. The van der Waals surface area contributed by atoms with E-state index in [2.05, 4.69) is 23.7 Å². The Morgan fingerprint density at radius 2 is 2.00 bits per heavy atom. The van der Waals surface area contributed by atoms with Crippen molar-refractivity contribution in [2.24, 2.45) is 5.92 Å². The molecule has 5 heteroatoms. The van der Waals surface area contributed by atoms with E-state index in [0.29, 0.717) is 12.5 Å². The Balaban J connectivity index is 1.57. The average molecular weight is 363 g/mol. The van der Waals surface area contributed by atoms with Gasteiger partial charge in [-0.05, 0) is 24.1 Å². The number of carbonyl (C=O) groups excluding carboxylic acids is 1. The van der Waals surface area contributed by atoms with E-state index in [1.807, 2.05) is 48.5 Å². The SMILES string of the molecule is CC(C)Cc1nc2ccccc2n1CC(=O)N[C@H]1CCOc2ccccc21. The van der Waals surface area contributed by atoms with Gasteiger partial charge in [0.15, 0.2) is 0 Å². The van der Waals surface area contributed by atoms with E-state index >= 15 is 0 Å². The van der Waals surface area contributed by atoms with Gasteiger partial charge in [0.05, 0.1) is 23.7 Å². The summed E-state index contributed by atoms with van der Waals surface area (Å²) < 4.78 is 7.75. The van der Waals surface area contributed by atoms with Crippen LogP contribution in [0.2, 0.25) is 0 Å². The number of imidazole rings is 1. The summed E-state index contributed by atoms with van der Waals surface area (Å²) in [5.41, 5.74) is 3.00. The molecule has 0 bridgehead atoms. The van der Waals surface area contributed by atoms with E-state index in [1.54, 1.807) is 0 Å². The van der Waals surface area contributed by atoms with Crippen molar-refractivity contribution in [2.75, 3.05) is 6.61 Å². The van der Waals surface area contributed by atoms with Crippen LogP contribution in [0, 0.1) is 5.92 Å². The summed E-state index contributed by atoms with van der Waals surface area (Å²) in [7, 11) is 0. The average Bonchev–Trinajstić information content (AvgIpc) is 2.98. The van der Waals surface area contributed by atoms with Gasteiger partial charge in [-0.3, -0.25) is 4.79 Å². The Morgan fingerprint density at radius 1 is 1.22 bits per heavy atom. The first-order valence-electron chi connectivity index (χ1n) is 9.57. The second-order valence-electron chi connectivity index (χ2n) is 7.50. The Morgan fingerprint density at radius 3 is 2.85 bits per heavy atom. The zero-order chi connectivity index (χ0) is 18.8. The molecule has 1 atom stereocenters. The second kappa shape index (κ2) is 7.43. The Hall–Kier alpha value is -2.82. The van der Waals surface area contributed by atoms with Gasteiger partial charge in [-0.15, -0.1) is 0 Å². The quantitative estimate of drug-likeness (QED) is 0.748. The third-order valence-electron chi connectivity index (χ3n) is 4.92. The van der Waals surface area contributed by atoms with Crippen LogP contribution in [-0.2, 0) is 17.8 Å². The molecule has 0 spiro atoms. The molecular weight excluding hydrogens is 338 g/mol. The second-order valence-corrected chi connectivity index (χ2v) is 7.50. The minimum absolute atomic E-state index is 0.00450. The van der Waals surface area contributed by atoms with E-state index < -0.39 is 0 Å². The predicted molar refractivity (Wildman–Crippen MR) is 106 cm³/mol. The fourth-order valence-corrected chi connectivity index (χ4v) is 3.70. The number of carbonyl (C=O) groups is 1. The molecule has 140 valence electrons. The van der Waals surface area contributed by atoms with Crippen LogP contribution in [0.5, 0.6) is 5.75 Å². The first-order valence-corrected chi connectivity index (χ1v) is 9.57. The Bertz CT molecular complexity index is 961. The first kappa shape index (κ1) is 17.6. The minimum atomic E-state index is -0.00853. The number of rotatable bonds is 5. The van der Waals surface area contributed by atoms with Crippen LogP contribution < -0.4 is 10.1 Å². The fraction of sp³-hybridized carbons (Fsp3) is 0.364. The molecule has 1 amide bonds. The van der Waals surface area contributed by atoms with E-state index in [4.69, 9.17) is 9.72 Å². The number of benzene rings is 2. The van der Waals surface area contributed by atoms with Crippen LogP contribution in [0.1, 0.15) is 37.7 Å². The van der Waals surface area contributed by atoms with Crippen molar-refractivity contribution in [1.82, 2.24) is 14.9 Å². The standard InChI is InChI=1S/C22H25N3O2/c1-15(2)13-21-23-18-8-4-5-9-19(18)25(21)14-22(26)24-17-11-12-27-20-10-6-3-7-16(17)20/h3-10,15,17H,11-14H2,1-2H3,(H,24,26)/t17-/m0/s1. The van der Waals surface area contributed by atoms with E-state index in [1.165, 1.54) is 0 Å². The summed E-state index contributed by atoms with van der Waals surface area (Å²) in [4.78, 5) is 17.6. The van der Waals surface area contributed by atoms with Gasteiger partial charge in [0.2, 0.25) is 5.91 Å². The van der Waals surface area contributed by atoms with Crippen LogP contribution in [-0.4, -0.2) is 22.1 Å². The molecule has 0 saturated heterocycles. The van der Waals surface area contributed by atoms with Crippen molar-refractivity contribution in [3.8, 4) is 5.75 Å². The molecule has 0 unspecified atom stereocenters. The molecule has 0 fully saturated rings. The highest BCUT2D eigenvalue weighted by atomic mass is 16.5. The number of aromatic nitrogens is 2. The largest absolute Gasteiger partial charge is 0.493 e. The maximum Gasteiger partial charge on any atom is 0.240 e. The van der Waals surface area contributed by atoms with Crippen molar-refractivity contribution in [2.45, 2.75) is 39.3 Å². The molecule has 2 heterocycles. The number of hydrogen-bond donors (Lipinski definition) is 1. The van der Waals surface area contributed by atoms with Crippen LogP contribution in [0.15, 0.2) is 48.5 Å². The van der Waals surface area contributed by atoms with Gasteiger partial charge >= 0.3 is 0 Å². The van der Waals surface area contributed by atoms with Gasteiger partial charge in [-0.2, -0.15) is 0 Å². The first-order chi connectivity index (χ1) is 13.1. The minimum Gasteiger partial charge on any atom is -0.493 e. The lowest BCUT2D eigenvalue weighted by Gasteiger charge is -2.26. The fourth-order valence-electron chi connectivity index (χ4n) is 3.70. The number of nitrogens with one attached hydrogen (secondary N) is 1. The predicted octanol–water partition coefficient (Wildman–Crippen LogP) is 3.87. The zero-order valence-electron chi connectivity index (χ0n) is 15.8. The van der Waals surface area contributed by atoms with E-state index in [9.17, 15) is 4.79 Å². The van der Waals surface area contributed by atoms with Crippen molar-refractivity contribution >= 4 is 16.9 Å². The van der Waals surface area contributed by atoms with Gasteiger partial charge in [-0.25, -0.2) is 4.98 Å². The molecule has 1 aliphatic rings. The van der Waals surface area contributed by atoms with Gasteiger partial charge in [0.25, 0.3) is 0 Å². The van der Waals surface area contributed by atoms with Crippen molar-refractivity contribution in [3.05, 3.63) is 59.9 Å². The molecule has 0 radical (unpaired) electrons. The summed E-state index contributed by atoms with van der Waals surface area (Å²) in [6.45, 7) is 5.24. The van der Waals surface area contributed by atoms with Crippen LogP contribution in [0.4, 0.5) is 0 Å². The van der Waals surface area contributed by atoms with Crippen LogP contribution >= 0.6 is 0 Å². The Labute approximate surface area is 159 Å². The van der Waals surface area contributed by atoms with Gasteiger partial charge in [0.1, 0.15) is 18.1 Å². The van der Waals surface area contributed by atoms with E-state index in [0.717, 1.165) is 41.0 Å². The highest BCUT2D eigenvalue weighted by Crippen LogP contribution is 2.31. The number of para-hydroxylation sites is 3. The van der Waals surface area contributed by atoms with E-state index in [-0.39, 0.29) is 18.5 Å². The lowest BCUT2D eigenvalue weighted by atomic mass is 10.0. The number of ether oxygens (including phenoxy) is 1. The van der Waals surface area contributed by atoms with Crippen molar-refractivity contribution in [3.63, 3.8) is 0 Å². The van der Waals surface area contributed by atoms with Gasteiger partial charge in [-0.1, -0.05) is 44.2 Å². The summed E-state index contributed by atoms with van der Waals surface area (Å²) in [6.07, 6.45) is 1.63. The van der Waals surface area contributed by atoms with Crippen molar-refractivity contribution < 1.29 is 9.53 Å². The molecule has 0 aliphatic carbocycles. The van der Waals surface area contributed by atoms with Crippen LogP contribution in [0.25, 0.3) is 11.0 Å². The summed E-state index contributed by atoms with van der Waals surface area (Å²) in [5, 5.41) is 3.19. The molecule has 1 aliphatic heterocycles. The number of hydrogen-bond acceptors (Lipinski definition) is 3. The maximum atomic E-state index is 12.9. The summed E-state index contributed by atoms with van der Waals surface area (Å²) >= 11 is 0. The highest BCUT2D eigenvalue weighted by Gasteiger charge is 2.23. The number of fused-ring (bicyclic) bond motifs is 2. The molecule has 27 heavy (non-hydrogen) atoms. The lowest BCUT2D eigenvalue weighted by Crippen LogP contribution is -2.34. The molecule has 0 saturated carbocycles. The molecule has 4 rings (SSSR count). The van der Waals surface area contributed by atoms with Crippen LogP contribution in [0.3, 0.4) is 0 Å². The zero-order valence-corrected chi connectivity index (χ0v) is 15.8. The van der Waals surface area contributed by atoms with Gasteiger partial charge in [0, 0.05) is 18.4 Å². The topological polar surface area (TPSA) is 56.2 Å². The molecule has 3 aromatic rings. The molecule has 5 nitrogen and oxygen atoms in total. The molecule has 2 aromatic carbocycles. The summed E-state index contributed by atoms with van der Waals surface area (Å²) in [6, 6.07) is 15.9. The van der Waals surface area contributed by atoms with Crippen molar-refractivity contribution in [1.29, 1.82) is 0 Å². The molecule has 1 N–H and O–H groups in total. The smallest absolute Gasteiger partial charge is 0.240 e. The highest BCUT2D eigenvalue weighted by molar-refractivity contribution is 5.81. The third-order valence-corrected chi connectivity index (χ3v) is 4.92. The summed E-state index contributed by atoms with van der Waals surface area (Å²) in [5.74, 6) is 2.31. The molecular formula is C22H25N3O2. The maximum absolute atomic E-state index is 12.9. The third kappa shape index (κ3) is 3.68. The Kier molecular flexibility index (Phi) is 4.84. The lowest BCUT2D eigenvalue weighted by molar-refractivity contribution is -0.122.